The summed E-state index contributed by atoms with van der Waals surface area (Å²) in [5.74, 6) is 0.538. The Morgan fingerprint density at radius 2 is 1.81 bits per heavy atom. The van der Waals surface area contributed by atoms with Crippen LogP contribution in [0.15, 0.2) is 54.6 Å². The standard InChI is InChI=1S/C17H17NO3/c1-21-15-9-7-13(8-10-15)16(11-12-19)18-17(20)14-5-3-2-4-6-14/h2-10,12,16H,11H2,1H3,(H,18,20)/t16-/m0/s1. The Balaban J connectivity index is 2.14. The Hall–Kier alpha value is -2.62. The van der Waals surface area contributed by atoms with Gasteiger partial charge in [0.15, 0.2) is 0 Å². The van der Waals surface area contributed by atoms with Crippen LogP contribution in [0, 0.1) is 0 Å². The zero-order valence-corrected chi connectivity index (χ0v) is 11.8. The molecular weight excluding hydrogens is 266 g/mol. The van der Waals surface area contributed by atoms with Crippen molar-refractivity contribution in [1.82, 2.24) is 5.32 Å². The number of amides is 1. The number of ether oxygens (including phenoxy) is 1. The smallest absolute Gasteiger partial charge is 0.251 e. The second kappa shape index (κ2) is 7.24. The minimum Gasteiger partial charge on any atom is -0.497 e. The summed E-state index contributed by atoms with van der Waals surface area (Å²) in [7, 11) is 1.59. The molecule has 0 fully saturated rings. The molecule has 0 aliphatic rings. The number of aldehydes is 1. The second-order valence-corrected chi connectivity index (χ2v) is 4.57. The molecule has 1 N–H and O–H groups in total. The van der Waals surface area contributed by atoms with Crippen molar-refractivity contribution in [2.45, 2.75) is 12.5 Å². The van der Waals surface area contributed by atoms with Crippen molar-refractivity contribution in [2.24, 2.45) is 0 Å². The van der Waals surface area contributed by atoms with E-state index >= 15 is 0 Å². The summed E-state index contributed by atoms with van der Waals surface area (Å²) in [5, 5.41) is 2.88. The molecule has 0 radical (unpaired) electrons. The Labute approximate surface area is 123 Å². The van der Waals surface area contributed by atoms with E-state index in [-0.39, 0.29) is 18.4 Å². The van der Waals surface area contributed by atoms with Crippen molar-refractivity contribution in [3.05, 3.63) is 65.7 Å². The summed E-state index contributed by atoms with van der Waals surface area (Å²) < 4.78 is 5.10. The third-order valence-corrected chi connectivity index (χ3v) is 3.19. The summed E-state index contributed by atoms with van der Waals surface area (Å²) in [6.07, 6.45) is 1.03. The SMILES string of the molecule is COc1ccc([C@H](CC=O)NC(=O)c2ccccc2)cc1. The van der Waals surface area contributed by atoms with Gasteiger partial charge in [-0.25, -0.2) is 0 Å². The van der Waals surface area contributed by atoms with Crippen molar-refractivity contribution in [2.75, 3.05) is 7.11 Å². The van der Waals surface area contributed by atoms with E-state index in [1.165, 1.54) is 0 Å². The highest BCUT2D eigenvalue weighted by atomic mass is 16.5. The van der Waals surface area contributed by atoms with E-state index in [1.54, 1.807) is 31.4 Å². The quantitative estimate of drug-likeness (QED) is 0.829. The second-order valence-electron chi connectivity index (χ2n) is 4.57. The molecule has 108 valence electrons. The van der Waals surface area contributed by atoms with Crippen LogP contribution in [0.25, 0.3) is 0 Å². The van der Waals surface area contributed by atoms with E-state index in [0.717, 1.165) is 17.6 Å². The summed E-state index contributed by atoms with van der Waals surface area (Å²) >= 11 is 0. The molecule has 4 heteroatoms. The minimum atomic E-state index is -0.346. The highest BCUT2D eigenvalue weighted by molar-refractivity contribution is 5.94. The number of hydrogen-bond donors (Lipinski definition) is 1. The maximum Gasteiger partial charge on any atom is 0.251 e. The van der Waals surface area contributed by atoms with Gasteiger partial charge in [-0.3, -0.25) is 4.79 Å². The lowest BCUT2D eigenvalue weighted by molar-refractivity contribution is -0.108. The molecule has 4 nitrogen and oxygen atoms in total. The third kappa shape index (κ3) is 3.92. The van der Waals surface area contributed by atoms with Crippen molar-refractivity contribution in [3.8, 4) is 5.75 Å². The molecule has 0 saturated heterocycles. The van der Waals surface area contributed by atoms with Gasteiger partial charge in [0.1, 0.15) is 12.0 Å². The van der Waals surface area contributed by atoms with E-state index in [0.29, 0.717) is 5.56 Å². The van der Waals surface area contributed by atoms with Gasteiger partial charge in [-0.1, -0.05) is 30.3 Å². The molecule has 0 saturated carbocycles. The molecule has 1 atom stereocenters. The van der Waals surface area contributed by atoms with E-state index < -0.39 is 0 Å². The lowest BCUT2D eigenvalue weighted by Crippen LogP contribution is -2.28. The first-order valence-electron chi connectivity index (χ1n) is 6.68. The summed E-state index contributed by atoms with van der Waals surface area (Å²) in [6.45, 7) is 0. The third-order valence-electron chi connectivity index (χ3n) is 3.19. The summed E-state index contributed by atoms with van der Waals surface area (Å²) in [6, 6.07) is 15.9. The Morgan fingerprint density at radius 3 is 2.38 bits per heavy atom. The number of carbonyl (C=O) groups excluding carboxylic acids is 2. The largest absolute Gasteiger partial charge is 0.497 e. The maximum atomic E-state index is 12.2. The predicted molar refractivity (Wildman–Crippen MR) is 80.3 cm³/mol. The highest BCUT2D eigenvalue weighted by Crippen LogP contribution is 2.20. The number of methoxy groups -OCH3 is 1. The van der Waals surface area contributed by atoms with Crippen LogP contribution in [0.2, 0.25) is 0 Å². The Morgan fingerprint density at radius 1 is 1.14 bits per heavy atom. The average molecular weight is 283 g/mol. The maximum absolute atomic E-state index is 12.2. The van der Waals surface area contributed by atoms with Crippen LogP contribution in [-0.2, 0) is 4.79 Å². The van der Waals surface area contributed by atoms with Crippen molar-refractivity contribution in [3.63, 3.8) is 0 Å². The lowest BCUT2D eigenvalue weighted by atomic mass is 10.0. The van der Waals surface area contributed by atoms with Gasteiger partial charge in [0, 0.05) is 12.0 Å². The van der Waals surface area contributed by atoms with Crippen LogP contribution < -0.4 is 10.1 Å². The van der Waals surface area contributed by atoms with E-state index in [1.807, 2.05) is 30.3 Å². The van der Waals surface area contributed by atoms with Gasteiger partial charge < -0.3 is 14.8 Å². The van der Waals surface area contributed by atoms with Crippen LogP contribution in [0.5, 0.6) is 5.75 Å². The molecular formula is C17H17NO3. The predicted octanol–water partition coefficient (Wildman–Crippen LogP) is 2.76. The zero-order valence-electron chi connectivity index (χ0n) is 11.8. The van der Waals surface area contributed by atoms with Gasteiger partial charge >= 0.3 is 0 Å². The molecule has 0 bridgehead atoms. The fourth-order valence-electron chi connectivity index (χ4n) is 2.04. The molecule has 0 spiro atoms. The molecule has 0 aliphatic carbocycles. The van der Waals surface area contributed by atoms with Crippen LogP contribution in [0.1, 0.15) is 28.4 Å². The molecule has 1 amide bonds. The first kappa shape index (κ1) is 14.8. The van der Waals surface area contributed by atoms with Crippen LogP contribution in [-0.4, -0.2) is 19.3 Å². The number of rotatable bonds is 6. The van der Waals surface area contributed by atoms with E-state index in [2.05, 4.69) is 5.32 Å². The molecule has 21 heavy (non-hydrogen) atoms. The minimum absolute atomic E-state index is 0.196. The van der Waals surface area contributed by atoms with Gasteiger partial charge in [-0.05, 0) is 29.8 Å². The molecule has 0 aliphatic heterocycles. The topological polar surface area (TPSA) is 55.4 Å². The first-order chi connectivity index (χ1) is 10.2. The van der Waals surface area contributed by atoms with Gasteiger partial charge in [0.2, 0.25) is 0 Å². The summed E-state index contributed by atoms with van der Waals surface area (Å²) in [4.78, 5) is 23.0. The average Bonchev–Trinajstić information content (AvgIpc) is 2.55. The normalized spacial score (nSPS) is 11.5. The van der Waals surface area contributed by atoms with Gasteiger partial charge in [0.25, 0.3) is 5.91 Å². The molecule has 0 unspecified atom stereocenters. The monoisotopic (exact) mass is 283 g/mol. The fourth-order valence-corrected chi connectivity index (χ4v) is 2.04. The van der Waals surface area contributed by atoms with Gasteiger partial charge in [-0.15, -0.1) is 0 Å². The van der Waals surface area contributed by atoms with E-state index in [9.17, 15) is 9.59 Å². The van der Waals surface area contributed by atoms with Gasteiger partial charge in [0.05, 0.1) is 13.2 Å². The summed E-state index contributed by atoms with van der Waals surface area (Å²) in [5.41, 5.74) is 1.44. The fraction of sp³-hybridized carbons (Fsp3) is 0.176. The number of benzene rings is 2. The molecule has 2 aromatic carbocycles. The molecule has 0 heterocycles. The van der Waals surface area contributed by atoms with Crippen LogP contribution in [0.4, 0.5) is 0 Å². The van der Waals surface area contributed by atoms with Crippen molar-refractivity contribution in [1.29, 1.82) is 0 Å². The van der Waals surface area contributed by atoms with Crippen molar-refractivity contribution < 1.29 is 14.3 Å². The number of nitrogens with one attached hydrogen (secondary N) is 1. The zero-order chi connectivity index (χ0) is 15.1. The Bertz CT molecular complexity index is 593. The molecule has 2 aromatic rings. The highest BCUT2D eigenvalue weighted by Gasteiger charge is 2.15. The number of carbonyl (C=O) groups is 2. The van der Waals surface area contributed by atoms with E-state index in [4.69, 9.17) is 4.74 Å². The molecule has 0 aromatic heterocycles. The Kier molecular flexibility index (Phi) is 5.10. The lowest BCUT2D eigenvalue weighted by Gasteiger charge is -2.17. The van der Waals surface area contributed by atoms with Crippen molar-refractivity contribution >= 4 is 12.2 Å². The first-order valence-corrected chi connectivity index (χ1v) is 6.68. The number of hydrogen-bond acceptors (Lipinski definition) is 3. The molecule has 2 rings (SSSR count). The van der Waals surface area contributed by atoms with Crippen LogP contribution in [0.3, 0.4) is 0 Å². The van der Waals surface area contributed by atoms with Crippen LogP contribution >= 0.6 is 0 Å². The van der Waals surface area contributed by atoms with Gasteiger partial charge in [-0.2, -0.15) is 0 Å².